The fourth-order valence-electron chi connectivity index (χ4n) is 2.48. The summed E-state index contributed by atoms with van der Waals surface area (Å²) in [7, 11) is 0. The van der Waals surface area contributed by atoms with E-state index in [1.807, 2.05) is 0 Å². The molecule has 0 saturated carbocycles. The molecule has 2 aromatic rings. The second-order valence-corrected chi connectivity index (χ2v) is 5.79. The van der Waals surface area contributed by atoms with Gasteiger partial charge in [-0.15, -0.1) is 24.8 Å². The number of thiophene rings is 1. The van der Waals surface area contributed by atoms with Crippen molar-refractivity contribution >= 4 is 42.1 Å². The van der Waals surface area contributed by atoms with Crippen molar-refractivity contribution in [2.24, 2.45) is 5.73 Å². The standard InChI is InChI=1S/C16H23N3O2S.2ClH/c1-3-19(4-2)15(12-5-6-22-11-12)9-18-16(20)13-7-14(8-17)21-10-13;;/h5-7,10-11,15H,3-4,8-9,17H2,1-2H3,(H,18,20);2*1H. The van der Waals surface area contributed by atoms with Crippen LogP contribution in [0.3, 0.4) is 0 Å². The van der Waals surface area contributed by atoms with Gasteiger partial charge in [-0.05, 0) is 41.5 Å². The van der Waals surface area contributed by atoms with Crippen LogP contribution >= 0.6 is 36.2 Å². The maximum Gasteiger partial charge on any atom is 0.254 e. The van der Waals surface area contributed by atoms with E-state index in [-0.39, 0.29) is 36.8 Å². The minimum Gasteiger partial charge on any atom is -0.467 e. The van der Waals surface area contributed by atoms with Gasteiger partial charge in [0, 0.05) is 6.54 Å². The summed E-state index contributed by atoms with van der Waals surface area (Å²) in [5.41, 5.74) is 7.25. The van der Waals surface area contributed by atoms with Crippen LogP contribution < -0.4 is 11.1 Å². The molecule has 0 aliphatic carbocycles. The summed E-state index contributed by atoms with van der Waals surface area (Å²) >= 11 is 1.67. The monoisotopic (exact) mass is 393 g/mol. The molecule has 0 aliphatic heterocycles. The average Bonchev–Trinajstić information content (AvgIpc) is 3.22. The molecule has 1 atom stereocenters. The van der Waals surface area contributed by atoms with Crippen molar-refractivity contribution in [2.75, 3.05) is 19.6 Å². The third kappa shape index (κ3) is 5.79. The highest BCUT2D eigenvalue weighted by Crippen LogP contribution is 2.22. The number of halogens is 2. The second-order valence-electron chi connectivity index (χ2n) is 5.01. The van der Waals surface area contributed by atoms with E-state index in [1.165, 1.54) is 11.8 Å². The minimum atomic E-state index is -0.129. The van der Waals surface area contributed by atoms with Gasteiger partial charge >= 0.3 is 0 Å². The Morgan fingerprint density at radius 2 is 2.08 bits per heavy atom. The van der Waals surface area contributed by atoms with Crippen molar-refractivity contribution in [1.82, 2.24) is 10.2 Å². The highest BCUT2D eigenvalue weighted by molar-refractivity contribution is 7.07. The molecule has 0 fully saturated rings. The molecule has 5 nitrogen and oxygen atoms in total. The first-order chi connectivity index (χ1) is 10.7. The number of carbonyl (C=O) groups is 1. The SMILES string of the molecule is CCN(CC)C(CNC(=O)c1coc(CN)c1)c1ccsc1.Cl.Cl. The fraction of sp³-hybridized carbons (Fsp3) is 0.438. The van der Waals surface area contributed by atoms with Crippen LogP contribution in [0.2, 0.25) is 0 Å². The summed E-state index contributed by atoms with van der Waals surface area (Å²) in [6.07, 6.45) is 1.45. The van der Waals surface area contributed by atoms with E-state index >= 15 is 0 Å². The van der Waals surface area contributed by atoms with Crippen LogP contribution in [0.25, 0.3) is 0 Å². The number of likely N-dealkylation sites (N-methyl/N-ethyl adjacent to an activating group) is 1. The predicted molar refractivity (Wildman–Crippen MR) is 103 cm³/mol. The number of amides is 1. The number of hydrogen-bond donors (Lipinski definition) is 2. The van der Waals surface area contributed by atoms with Crippen LogP contribution in [-0.2, 0) is 6.54 Å². The van der Waals surface area contributed by atoms with Crippen LogP contribution in [0.4, 0.5) is 0 Å². The quantitative estimate of drug-likeness (QED) is 0.720. The summed E-state index contributed by atoms with van der Waals surface area (Å²) < 4.78 is 5.21. The number of furan rings is 1. The van der Waals surface area contributed by atoms with Gasteiger partial charge in [-0.2, -0.15) is 11.3 Å². The zero-order chi connectivity index (χ0) is 15.9. The average molecular weight is 394 g/mol. The van der Waals surface area contributed by atoms with Gasteiger partial charge in [0.25, 0.3) is 5.91 Å². The van der Waals surface area contributed by atoms with Crippen molar-refractivity contribution in [3.05, 3.63) is 46.0 Å². The Hall–Kier alpha value is -1.05. The van der Waals surface area contributed by atoms with Crippen molar-refractivity contribution < 1.29 is 9.21 Å². The van der Waals surface area contributed by atoms with Gasteiger partial charge < -0.3 is 15.5 Å². The van der Waals surface area contributed by atoms with Crippen molar-refractivity contribution in [3.63, 3.8) is 0 Å². The van der Waals surface area contributed by atoms with Crippen LogP contribution in [-0.4, -0.2) is 30.4 Å². The van der Waals surface area contributed by atoms with Gasteiger partial charge in [0.15, 0.2) is 0 Å². The molecule has 2 aromatic heterocycles. The first-order valence-electron chi connectivity index (χ1n) is 7.51. The number of nitrogens with zero attached hydrogens (tertiary/aromatic N) is 1. The Labute approximate surface area is 159 Å². The van der Waals surface area contributed by atoms with Crippen LogP contribution in [0.1, 0.15) is 41.6 Å². The number of rotatable bonds is 8. The maximum atomic E-state index is 12.2. The van der Waals surface area contributed by atoms with E-state index in [0.29, 0.717) is 24.4 Å². The lowest BCUT2D eigenvalue weighted by atomic mass is 10.1. The Bertz CT molecular complexity index is 586. The molecule has 1 unspecified atom stereocenters. The van der Waals surface area contributed by atoms with Gasteiger partial charge in [0.05, 0.1) is 18.2 Å². The Morgan fingerprint density at radius 1 is 1.38 bits per heavy atom. The summed E-state index contributed by atoms with van der Waals surface area (Å²) in [5.74, 6) is 0.485. The highest BCUT2D eigenvalue weighted by atomic mass is 35.5. The first kappa shape index (κ1) is 22.9. The molecule has 0 saturated heterocycles. The second kappa shape index (κ2) is 11.5. The van der Waals surface area contributed by atoms with Gasteiger partial charge in [0.1, 0.15) is 12.0 Å². The fourth-order valence-corrected chi connectivity index (χ4v) is 3.19. The number of nitrogens with two attached hydrogens (primary N) is 1. The Balaban J connectivity index is 0.00000264. The number of carbonyl (C=O) groups excluding carboxylic acids is 1. The van der Waals surface area contributed by atoms with Crippen LogP contribution in [0.5, 0.6) is 0 Å². The van der Waals surface area contributed by atoms with Crippen molar-refractivity contribution in [2.45, 2.75) is 26.4 Å². The summed E-state index contributed by atoms with van der Waals surface area (Å²) in [6, 6.07) is 3.99. The van der Waals surface area contributed by atoms with E-state index in [9.17, 15) is 4.79 Å². The molecular weight excluding hydrogens is 369 g/mol. The summed E-state index contributed by atoms with van der Waals surface area (Å²) in [4.78, 5) is 14.6. The molecule has 0 aromatic carbocycles. The van der Waals surface area contributed by atoms with Gasteiger partial charge in [-0.25, -0.2) is 0 Å². The molecule has 0 radical (unpaired) electrons. The van der Waals surface area contributed by atoms with Crippen LogP contribution in [0, 0.1) is 0 Å². The summed E-state index contributed by atoms with van der Waals surface area (Å²) in [5, 5.41) is 7.20. The van der Waals surface area contributed by atoms with Crippen LogP contribution in [0.15, 0.2) is 33.6 Å². The van der Waals surface area contributed by atoms with E-state index in [2.05, 4.69) is 40.9 Å². The van der Waals surface area contributed by atoms with Crippen molar-refractivity contribution in [3.8, 4) is 0 Å². The van der Waals surface area contributed by atoms with E-state index in [4.69, 9.17) is 10.2 Å². The van der Waals surface area contributed by atoms with Crippen molar-refractivity contribution in [1.29, 1.82) is 0 Å². The molecule has 136 valence electrons. The van der Waals surface area contributed by atoms with E-state index < -0.39 is 0 Å². The first-order valence-corrected chi connectivity index (χ1v) is 8.45. The lowest BCUT2D eigenvalue weighted by molar-refractivity contribution is 0.0934. The molecule has 8 heteroatoms. The molecule has 1 amide bonds. The smallest absolute Gasteiger partial charge is 0.254 e. The molecule has 2 heterocycles. The third-order valence-electron chi connectivity index (χ3n) is 3.75. The zero-order valence-corrected chi connectivity index (χ0v) is 16.3. The predicted octanol–water partition coefficient (Wildman–Crippen LogP) is 3.46. The third-order valence-corrected chi connectivity index (χ3v) is 4.46. The molecular formula is C16H25Cl2N3O2S. The van der Waals surface area contributed by atoms with Gasteiger partial charge in [-0.3, -0.25) is 9.69 Å². The molecule has 0 aliphatic rings. The van der Waals surface area contributed by atoms with E-state index in [0.717, 1.165) is 13.1 Å². The highest BCUT2D eigenvalue weighted by Gasteiger charge is 2.20. The molecule has 24 heavy (non-hydrogen) atoms. The molecule has 0 bridgehead atoms. The van der Waals surface area contributed by atoms with Gasteiger partial charge in [-0.1, -0.05) is 13.8 Å². The molecule has 2 rings (SSSR count). The Kier molecular flexibility index (Phi) is 11.0. The molecule has 3 N–H and O–H groups in total. The number of nitrogens with one attached hydrogen (secondary N) is 1. The minimum absolute atomic E-state index is 0. The molecule has 0 spiro atoms. The lowest BCUT2D eigenvalue weighted by Crippen LogP contribution is -2.37. The zero-order valence-electron chi connectivity index (χ0n) is 13.9. The lowest BCUT2D eigenvalue weighted by Gasteiger charge is -2.29. The normalized spacial score (nSPS) is 11.5. The van der Waals surface area contributed by atoms with Gasteiger partial charge in [0.2, 0.25) is 0 Å². The number of hydrogen-bond acceptors (Lipinski definition) is 5. The van der Waals surface area contributed by atoms with E-state index in [1.54, 1.807) is 17.4 Å². The summed E-state index contributed by atoms with van der Waals surface area (Å²) in [6.45, 7) is 7.01. The topological polar surface area (TPSA) is 71.5 Å². The largest absolute Gasteiger partial charge is 0.467 e. The Morgan fingerprint density at radius 3 is 2.58 bits per heavy atom. The maximum absolute atomic E-state index is 12.2.